The van der Waals surface area contributed by atoms with Gasteiger partial charge in [-0.05, 0) is 37.5 Å². The number of pyridine rings is 1. The lowest BCUT2D eigenvalue weighted by molar-refractivity contribution is -0.151. The van der Waals surface area contributed by atoms with Gasteiger partial charge >= 0.3 is 6.18 Å². The Hall–Kier alpha value is -3.44. The van der Waals surface area contributed by atoms with Gasteiger partial charge in [-0.2, -0.15) is 18.2 Å². The summed E-state index contributed by atoms with van der Waals surface area (Å²) in [6, 6.07) is 3.29. The van der Waals surface area contributed by atoms with E-state index in [1.807, 2.05) is 4.90 Å². The average Bonchev–Trinajstić information content (AvgIpc) is 3.06. The molecule has 4 rings (SSSR count). The van der Waals surface area contributed by atoms with Gasteiger partial charge < -0.3 is 20.4 Å². The monoisotopic (exact) mass is 477 g/mol. The third-order valence-electron chi connectivity index (χ3n) is 6.13. The van der Waals surface area contributed by atoms with Gasteiger partial charge in [0.15, 0.2) is 0 Å². The Morgan fingerprint density at radius 2 is 1.88 bits per heavy atom. The summed E-state index contributed by atoms with van der Waals surface area (Å²) in [5.41, 5.74) is 1.66. The van der Waals surface area contributed by atoms with Crippen molar-refractivity contribution < 1.29 is 22.8 Å². The van der Waals surface area contributed by atoms with Crippen LogP contribution in [0.5, 0.6) is 0 Å². The standard InChI is InChI=1S/C22H26F3N7O2/c1-13-9-14(10-28-19(13)20(34)26-2)29-21-27-8-6-17(30-21)31-11-15-3-4-16(12-31)32(15)18(33)5-7-22(23,24)25/h6,8-10,15-16H,3-5,7,11-12H2,1-2H3,(H,26,34)(H,27,29,30)/t15-,16+. The molecule has 0 saturated carbocycles. The van der Waals surface area contributed by atoms with E-state index in [2.05, 4.69) is 25.6 Å². The maximum absolute atomic E-state index is 12.5. The van der Waals surface area contributed by atoms with E-state index in [0.717, 1.165) is 12.8 Å². The molecule has 2 aliphatic heterocycles. The van der Waals surface area contributed by atoms with Gasteiger partial charge in [0.2, 0.25) is 11.9 Å². The number of fused-ring (bicyclic) bond motifs is 2. The quantitative estimate of drug-likeness (QED) is 0.660. The fraction of sp³-hybridized carbons (Fsp3) is 0.500. The summed E-state index contributed by atoms with van der Waals surface area (Å²) in [5.74, 6) is 0.316. The molecule has 2 aromatic rings. The second-order valence-corrected chi connectivity index (χ2v) is 8.54. The highest BCUT2D eigenvalue weighted by molar-refractivity contribution is 5.93. The number of nitrogens with one attached hydrogen (secondary N) is 2. The molecule has 182 valence electrons. The normalized spacial score (nSPS) is 19.8. The van der Waals surface area contributed by atoms with Gasteiger partial charge in [-0.15, -0.1) is 0 Å². The molecule has 2 N–H and O–H groups in total. The molecule has 2 amide bonds. The summed E-state index contributed by atoms with van der Waals surface area (Å²) >= 11 is 0. The molecule has 2 bridgehead atoms. The molecule has 34 heavy (non-hydrogen) atoms. The van der Waals surface area contributed by atoms with Gasteiger partial charge in [0.25, 0.3) is 5.91 Å². The second-order valence-electron chi connectivity index (χ2n) is 8.54. The topological polar surface area (TPSA) is 103 Å². The Morgan fingerprint density at radius 3 is 2.50 bits per heavy atom. The first-order chi connectivity index (χ1) is 16.1. The molecule has 4 heterocycles. The predicted octanol–water partition coefficient (Wildman–Crippen LogP) is 2.81. The van der Waals surface area contributed by atoms with Crippen LogP contribution in [0.3, 0.4) is 0 Å². The third kappa shape index (κ3) is 5.20. The lowest BCUT2D eigenvalue weighted by atomic mass is 10.1. The predicted molar refractivity (Wildman–Crippen MR) is 119 cm³/mol. The molecule has 2 saturated heterocycles. The average molecular weight is 477 g/mol. The van der Waals surface area contributed by atoms with E-state index < -0.39 is 24.9 Å². The highest BCUT2D eigenvalue weighted by Gasteiger charge is 2.43. The van der Waals surface area contributed by atoms with Gasteiger partial charge in [-0.25, -0.2) is 9.97 Å². The summed E-state index contributed by atoms with van der Waals surface area (Å²) in [4.78, 5) is 41.0. The van der Waals surface area contributed by atoms with E-state index >= 15 is 0 Å². The Bertz CT molecular complexity index is 1060. The van der Waals surface area contributed by atoms with Crippen molar-refractivity contribution in [2.24, 2.45) is 0 Å². The Balaban J connectivity index is 1.43. The number of hydrogen-bond acceptors (Lipinski definition) is 7. The summed E-state index contributed by atoms with van der Waals surface area (Å²) in [6.45, 7) is 2.80. The van der Waals surface area contributed by atoms with Crippen LogP contribution in [0.25, 0.3) is 0 Å². The van der Waals surface area contributed by atoms with Crippen molar-refractivity contribution in [2.75, 3.05) is 30.4 Å². The van der Waals surface area contributed by atoms with E-state index in [-0.39, 0.29) is 18.0 Å². The van der Waals surface area contributed by atoms with E-state index in [0.29, 0.717) is 41.8 Å². The van der Waals surface area contributed by atoms with E-state index in [9.17, 15) is 22.8 Å². The molecule has 9 nitrogen and oxygen atoms in total. The molecule has 0 unspecified atom stereocenters. The van der Waals surface area contributed by atoms with Crippen molar-refractivity contribution in [2.45, 2.75) is 50.9 Å². The molecule has 12 heteroatoms. The zero-order valence-electron chi connectivity index (χ0n) is 18.9. The van der Waals surface area contributed by atoms with Crippen LogP contribution < -0.4 is 15.5 Å². The van der Waals surface area contributed by atoms with Gasteiger partial charge in [0.05, 0.1) is 18.3 Å². The van der Waals surface area contributed by atoms with Crippen molar-refractivity contribution in [1.29, 1.82) is 0 Å². The maximum atomic E-state index is 12.5. The highest BCUT2D eigenvalue weighted by atomic mass is 19.4. The first-order valence-electron chi connectivity index (χ1n) is 11.1. The number of hydrogen-bond donors (Lipinski definition) is 2. The number of aromatic nitrogens is 3. The molecule has 0 aromatic carbocycles. The number of amides is 2. The van der Waals surface area contributed by atoms with Crippen LogP contribution in [-0.4, -0.2) is 70.1 Å². The van der Waals surface area contributed by atoms with Crippen LogP contribution in [-0.2, 0) is 4.79 Å². The van der Waals surface area contributed by atoms with Crippen LogP contribution in [0.2, 0.25) is 0 Å². The van der Waals surface area contributed by atoms with Gasteiger partial charge in [0, 0.05) is 44.8 Å². The number of nitrogens with zero attached hydrogens (tertiary/aromatic N) is 5. The zero-order chi connectivity index (χ0) is 24.5. The van der Waals surface area contributed by atoms with Gasteiger partial charge in [0.1, 0.15) is 11.5 Å². The van der Waals surface area contributed by atoms with Crippen LogP contribution in [0.15, 0.2) is 24.5 Å². The lowest BCUT2D eigenvalue weighted by Crippen LogP contribution is -2.56. The molecule has 2 aromatic heterocycles. The maximum Gasteiger partial charge on any atom is 0.389 e. The fourth-order valence-electron chi connectivity index (χ4n) is 4.59. The third-order valence-corrected chi connectivity index (χ3v) is 6.13. The number of aryl methyl sites for hydroxylation is 1. The Kier molecular flexibility index (Phi) is 6.58. The second kappa shape index (κ2) is 9.43. The minimum atomic E-state index is -4.34. The Morgan fingerprint density at radius 1 is 1.18 bits per heavy atom. The summed E-state index contributed by atoms with van der Waals surface area (Å²) in [7, 11) is 1.54. The van der Waals surface area contributed by atoms with Crippen molar-refractivity contribution in [1.82, 2.24) is 25.2 Å². The molecule has 2 aliphatic rings. The molecule has 2 fully saturated rings. The lowest BCUT2D eigenvalue weighted by Gasteiger charge is -2.41. The zero-order valence-corrected chi connectivity index (χ0v) is 18.9. The molecule has 0 radical (unpaired) electrons. The number of piperazine rings is 1. The van der Waals surface area contributed by atoms with Gasteiger partial charge in [-0.1, -0.05) is 0 Å². The first-order valence-corrected chi connectivity index (χ1v) is 11.1. The minimum absolute atomic E-state index is 0.130. The molecule has 0 aliphatic carbocycles. The molecule has 2 atom stereocenters. The number of carbonyl (C=O) groups is 2. The highest BCUT2D eigenvalue weighted by Crippen LogP contribution is 2.34. The first kappa shape index (κ1) is 23.7. The van der Waals surface area contributed by atoms with Crippen LogP contribution in [0.4, 0.5) is 30.6 Å². The smallest absolute Gasteiger partial charge is 0.354 e. The molecular formula is C22H26F3N7O2. The number of alkyl halides is 3. The Labute approximate surface area is 194 Å². The summed E-state index contributed by atoms with van der Waals surface area (Å²) in [6.07, 6.45) is -1.27. The molecular weight excluding hydrogens is 451 g/mol. The van der Waals surface area contributed by atoms with Crippen molar-refractivity contribution in [3.8, 4) is 0 Å². The fourth-order valence-corrected chi connectivity index (χ4v) is 4.59. The van der Waals surface area contributed by atoms with Crippen molar-refractivity contribution in [3.63, 3.8) is 0 Å². The van der Waals surface area contributed by atoms with E-state index in [1.54, 1.807) is 37.2 Å². The van der Waals surface area contributed by atoms with Crippen LogP contribution >= 0.6 is 0 Å². The number of anilines is 3. The number of carbonyl (C=O) groups excluding carboxylic acids is 2. The van der Waals surface area contributed by atoms with Crippen LogP contribution in [0, 0.1) is 6.92 Å². The van der Waals surface area contributed by atoms with Crippen molar-refractivity contribution >= 4 is 29.3 Å². The van der Waals surface area contributed by atoms with Crippen molar-refractivity contribution in [3.05, 3.63) is 35.8 Å². The van der Waals surface area contributed by atoms with E-state index in [4.69, 9.17) is 0 Å². The largest absolute Gasteiger partial charge is 0.389 e. The SMILES string of the molecule is CNC(=O)c1ncc(Nc2nccc(N3C[C@H]4CC[C@@H](C3)N4C(=O)CCC(F)(F)F)n2)cc1C. The van der Waals surface area contributed by atoms with Crippen LogP contribution in [0.1, 0.15) is 41.7 Å². The van der Waals surface area contributed by atoms with E-state index in [1.165, 1.54) is 6.20 Å². The number of rotatable bonds is 6. The van der Waals surface area contributed by atoms with Gasteiger partial charge in [-0.3, -0.25) is 9.59 Å². The number of halogens is 3. The summed E-state index contributed by atoms with van der Waals surface area (Å²) in [5, 5.41) is 5.63. The summed E-state index contributed by atoms with van der Waals surface area (Å²) < 4.78 is 37.6. The molecule has 0 spiro atoms. The minimum Gasteiger partial charge on any atom is -0.354 e.